The summed E-state index contributed by atoms with van der Waals surface area (Å²) in [5.41, 5.74) is 1.15. The summed E-state index contributed by atoms with van der Waals surface area (Å²) in [6.45, 7) is 1.22. The summed E-state index contributed by atoms with van der Waals surface area (Å²) in [6, 6.07) is 8.97. The number of amides is 1. The van der Waals surface area contributed by atoms with Crippen molar-refractivity contribution in [2.75, 3.05) is 7.05 Å². The highest BCUT2D eigenvalue weighted by atomic mass is 35.5. The molecule has 1 aliphatic rings. The zero-order valence-electron chi connectivity index (χ0n) is 15.8. The van der Waals surface area contributed by atoms with Gasteiger partial charge in [0.05, 0.1) is 21.8 Å². The number of carbonyl (C=O) groups is 1. The number of thiophene rings is 1. The average molecular weight is 416 g/mol. The largest absolute Gasteiger partial charge is 0.337 e. The van der Waals surface area contributed by atoms with Crippen LogP contribution in [0.15, 0.2) is 35.1 Å². The molecule has 28 heavy (non-hydrogen) atoms. The summed E-state index contributed by atoms with van der Waals surface area (Å²) >= 11 is 7.44. The molecule has 0 fully saturated rings. The Bertz CT molecular complexity index is 1090. The molecule has 4 rings (SSSR count). The van der Waals surface area contributed by atoms with E-state index in [0.29, 0.717) is 27.3 Å². The summed E-state index contributed by atoms with van der Waals surface area (Å²) in [5.74, 6) is 0.739. The van der Waals surface area contributed by atoms with E-state index in [9.17, 15) is 9.59 Å². The molecule has 3 heterocycles. The van der Waals surface area contributed by atoms with E-state index >= 15 is 0 Å². The third-order valence-electron chi connectivity index (χ3n) is 5.18. The second kappa shape index (κ2) is 8.05. The maximum atomic E-state index is 12.9. The first-order chi connectivity index (χ1) is 13.5. The first-order valence-electron chi connectivity index (χ1n) is 9.56. The summed E-state index contributed by atoms with van der Waals surface area (Å²) in [4.78, 5) is 33.2. The molecule has 1 amide bonds. The quantitative estimate of drug-likeness (QED) is 0.632. The van der Waals surface area contributed by atoms with Crippen LogP contribution in [0.1, 0.15) is 46.7 Å². The first-order valence-corrected chi connectivity index (χ1v) is 10.8. The van der Waals surface area contributed by atoms with E-state index in [1.54, 1.807) is 30.1 Å². The topological polar surface area (TPSA) is 55.2 Å². The van der Waals surface area contributed by atoms with Gasteiger partial charge in [-0.15, -0.1) is 11.3 Å². The van der Waals surface area contributed by atoms with Crippen molar-refractivity contribution in [1.82, 2.24) is 14.5 Å². The van der Waals surface area contributed by atoms with Gasteiger partial charge >= 0.3 is 0 Å². The van der Waals surface area contributed by atoms with Gasteiger partial charge in [-0.3, -0.25) is 14.2 Å². The van der Waals surface area contributed by atoms with Gasteiger partial charge in [-0.25, -0.2) is 4.98 Å². The fraction of sp³-hybridized carbons (Fsp3) is 0.381. The van der Waals surface area contributed by atoms with Gasteiger partial charge in [0.2, 0.25) is 0 Å². The van der Waals surface area contributed by atoms with Crippen LogP contribution in [-0.4, -0.2) is 27.4 Å². The number of rotatable bonds is 3. The minimum absolute atomic E-state index is 0.00230. The molecule has 0 saturated carbocycles. The van der Waals surface area contributed by atoms with Crippen molar-refractivity contribution in [3.8, 4) is 0 Å². The van der Waals surface area contributed by atoms with Crippen LogP contribution in [0.2, 0.25) is 4.34 Å². The van der Waals surface area contributed by atoms with E-state index in [1.807, 2.05) is 16.7 Å². The Labute approximate surface area is 172 Å². The number of aryl methyl sites for hydroxylation is 1. The van der Waals surface area contributed by atoms with Crippen molar-refractivity contribution in [3.63, 3.8) is 0 Å². The van der Waals surface area contributed by atoms with Gasteiger partial charge in [-0.2, -0.15) is 0 Å². The van der Waals surface area contributed by atoms with Crippen LogP contribution in [0.4, 0.5) is 0 Å². The van der Waals surface area contributed by atoms with Crippen LogP contribution in [0, 0.1) is 0 Å². The van der Waals surface area contributed by atoms with Gasteiger partial charge in [0.15, 0.2) is 0 Å². The Balaban J connectivity index is 1.65. The van der Waals surface area contributed by atoms with Gasteiger partial charge in [0.25, 0.3) is 11.5 Å². The highest BCUT2D eigenvalue weighted by Gasteiger charge is 2.17. The van der Waals surface area contributed by atoms with E-state index in [2.05, 4.69) is 0 Å². The third kappa shape index (κ3) is 3.84. The molecule has 0 N–H and O–H groups in total. The highest BCUT2D eigenvalue weighted by Crippen LogP contribution is 2.23. The first kappa shape index (κ1) is 19.2. The second-order valence-electron chi connectivity index (χ2n) is 7.25. The van der Waals surface area contributed by atoms with Crippen LogP contribution in [0.5, 0.6) is 0 Å². The molecule has 0 bridgehead atoms. The van der Waals surface area contributed by atoms with Crippen LogP contribution in [0.25, 0.3) is 10.9 Å². The molecule has 0 atom stereocenters. The normalized spacial score (nSPS) is 14.4. The third-order valence-corrected chi connectivity index (χ3v) is 6.40. The predicted molar refractivity (Wildman–Crippen MR) is 113 cm³/mol. The number of halogens is 1. The Kier molecular flexibility index (Phi) is 5.51. The number of hydrogen-bond donors (Lipinski definition) is 0. The second-order valence-corrected chi connectivity index (χ2v) is 9.05. The van der Waals surface area contributed by atoms with Crippen molar-refractivity contribution < 1.29 is 4.79 Å². The molecule has 3 aromatic rings. The van der Waals surface area contributed by atoms with Crippen LogP contribution in [0.3, 0.4) is 0 Å². The SMILES string of the molecule is CN(Cc1ccc(Cl)s1)C(=O)c1ccc2c(=O)n3c(nc2c1)CCCCCC3. The number of benzene rings is 1. The molecule has 5 nitrogen and oxygen atoms in total. The lowest BCUT2D eigenvalue weighted by atomic mass is 10.1. The van der Waals surface area contributed by atoms with Crippen LogP contribution >= 0.6 is 22.9 Å². The van der Waals surface area contributed by atoms with E-state index < -0.39 is 0 Å². The number of aromatic nitrogens is 2. The fourth-order valence-corrected chi connectivity index (χ4v) is 4.83. The molecular formula is C21H22ClN3O2S. The van der Waals surface area contributed by atoms with Crippen molar-refractivity contribution >= 4 is 39.7 Å². The van der Waals surface area contributed by atoms with Gasteiger partial charge < -0.3 is 4.90 Å². The number of fused-ring (bicyclic) bond motifs is 2. The number of hydrogen-bond acceptors (Lipinski definition) is 4. The summed E-state index contributed by atoms with van der Waals surface area (Å²) in [6.07, 6.45) is 5.18. The lowest BCUT2D eigenvalue weighted by molar-refractivity contribution is 0.0786. The maximum absolute atomic E-state index is 12.9. The van der Waals surface area contributed by atoms with Crippen molar-refractivity contribution in [3.05, 3.63) is 61.3 Å². The standard InChI is InChI=1S/C21H22ClN3O2S/c1-24(13-15-8-10-18(22)28-15)20(26)14-7-9-16-17(12-14)23-19-6-4-2-3-5-11-25(19)21(16)27/h7-10,12H,2-6,11,13H2,1H3. The van der Waals surface area contributed by atoms with E-state index in [4.69, 9.17) is 16.6 Å². The lowest BCUT2D eigenvalue weighted by Crippen LogP contribution is -2.28. The van der Waals surface area contributed by atoms with Crippen LogP contribution < -0.4 is 5.56 Å². The molecule has 0 spiro atoms. The number of nitrogens with zero attached hydrogens (tertiary/aromatic N) is 3. The maximum Gasteiger partial charge on any atom is 0.261 e. The summed E-state index contributed by atoms with van der Waals surface area (Å²) in [5, 5.41) is 0.577. The Morgan fingerprint density at radius 2 is 2.04 bits per heavy atom. The molecule has 1 aliphatic heterocycles. The van der Waals surface area contributed by atoms with Gasteiger partial charge in [0.1, 0.15) is 5.82 Å². The fourth-order valence-electron chi connectivity index (χ4n) is 3.69. The molecule has 0 aliphatic carbocycles. The molecule has 0 unspecified atom stereocenters. The minimum Gasteiger partial charge on any atom is -0.337 e. The summed E-state index contributed by atoms with van der Waals surface area (Å²) in [7, 11) is 1.77. The Hall–Kier alpha value is -2.18. The number of carbonyl (C=O) groups excluding carboxylic acids is 1. The monoisotopic (exact) mass is 415 g/mol. The molecule has 0 radical (unpaired) electrons. The Morgan fingerprint density at radius 1 is 1.21 bits per heavy atom. The lowest BCUT2D eigenvalue weighted by Gasteiger charge is -2.18. The van der Waals surface area contributed by atoms with E-state index in [1.165, 1.54) is 17.8 Å². The minimum atomic E-state index is -0.0972. The molecule has 2 aromatic heterocycles. The molecule has 7 heteroatoms. The van der Waals surface area contributed by atoms with Crippen molar-refractivity contribution in [2.45, 2.75) is 45.2 Å². The predicted octanol–water partition coefficient (Wildman–Crippen LogP) is 4.50. The molecular weight excluding hydrogens is 394 g/mol. The van der Waals surface area contributed by atoms with Crippen LogP contribution in [-0.2, 0) is 19.5 Å². The van der Waals surface area contributed by atoms with E-state index in [0.717, 1.165) is 42.9 Å². The Morgan fingerprint density at radius 3 is 2.82 bits per heavy atom. The highest BCUT2D eigenvalue weighted by molar-refractivity contribution is 7.16. The molecule has 1 aromatic carbocycles. The molecule has 0 saturated heterocycles. The smallest absolute Gasteiger partial charge is 0.261 e. The zero-order valence-corrected chi connectivity index (χ0v) is 17.4. The summed E-state index contributed by atoms with van der Waals surface area (Å²) < 4.78 is 2.53. The van der Waals surface area contributed by atoms with Gasteiger partial charge in [-0.05, 0) is 43.2 Å². The zero-order chi connectivity index (χ0) is 19.7. The van der Waals surface area contributed by atoms with Gasteiger partial charge in [0, 0.05) is 30.5 Å². The van der Waals surface area contributed by atoms with E-state index in [-0.39, 0.29) is 11.5 Å². The van der Waals surface area contributed by atoms with Crippen molar-refractivity contribution in [2.24, 2.45) is 0 Å². The van der Waals surface area contributed by atoms with Gasteiger partial charge in [-0.1, -0.05) is 24.4 Å². The van der Waals surface area contributed by atoms with Crippen molar-refractivity contribution in [1.29, 1.82) is 0 Å². The molecule has 146 valence electrons. The average Bonchev–Trinajstić information content (AvgIpc) is 3.07.